The summed E-state index contributed by atoms with van der Waals surface area (Å²) in [6.45, 7) is 4.16. The Kier molecular flexibility index (Phi) is 7.55. The summed E-state index contributed by atoms with van der Waals surface area (Å²) in [6.07, 6.45) is 6.15. The molecule has 3 aromatic rings. The second kappa shape index (κ2) is 10.9. The topological polar surface area (TPSA) is 175 Å². The van der Waals surface area contributed by atoms with Crippen LogP contribution in [0.1, 0.15) is 33.1 Å². The number of carbonyl (C=O) groups is 1. The lowest BCUT2D eigenvalue weighted by Crippen LogP contribution is -2.53. The fourth-order valence-electron chi connectivity index (χ4n) is 4.31. The van der Waals surface area contributed by atoms with Gasteiger partial charge in [-0.3, -0.25) is 14.2 Å². The molecular formula is C24H28FN8O6P. The number of nitrogens with zero attached hydrogens (tertiary/aromatic N) is 6. The lowest BCUT2D eigenvalue weighted by Gasteiger charge is -2.37. The molecule has 2 aliphatic rings. The number of amides is 1. The van der Waals surface area contributed by atoms with Gasteiger partial charge in [0.15, 0.2) is 28.8 Å². The maximum absolute atomic E-state index is 14.6. The van der Waals surface area contributed by atoms with E-state index in [4.69, 9.17) is 14.5 Å². The molecule has 14 nitrogen and oxygen atoms in total. The molecule has 4 N–H and O–H groups in total. The van der Waals surface area contributed by atoms with Gasteiger partial charge in [-0.1, -0.05) is 0 Å². The molecule has 1 amide bonds. The predicted octanol–water partition coefficient (Wildman–Crippen LogP) is 3.45. The number of ether oxygens (including phenoxy) is 1. The molecule has 0 saturated carbocycles. The number of phosphoric acid groups is 1. The van der Waals surface area contributed by atoms with Crippen molar-refractivity contribution < 1.29 is 32.8 Å². The van der Waals surface area contributed by atoms with E-state index in [1.54, 1.807) is 6.20 Å². The minimum absolute atomic E-state index is 0.0737. The van der Waals surface area contributed by atoms with Crippen LogP contribution in [0.3, 0.4) is 0 Å². The van der Waals surface area contributed by atoms with Crippen molar-refractivity contribution in [2.75, 3.05) is 40.3 Å². The third-order valence-electron chi connectivity index (χ3n) is 6.25. The number of aromatic nitrogens is 4. The van der Waals surface area contributed by atoms with E-state index in [0.29, 0.717) is 5.69 Å². The molecular weight excluding hydrogens is 546 g/mol. The van der Waals surface area contributed by atoms with Gasteiger partial charge in [-0.05, 0) is 57.4 Å². The van der Waals surface area contributed by atoms with Crippen molar-refractivity contribution in [3.8, 4) is 5.75 Å². The van der Waals surface area contributed by atoms with E-state index in [-0.39, 0.29) is 29.2 Å². The first-order chi connectivity index (χ1) is 19.0. The zero-order valence-electron chi connectivity index (χ0n) is 21.7. The van der Waals surface area contributed by atoms with Gasteiger partial charge in [0.2, 0.25) is 5.95 Å². The van der Waals surface area contributed by atoms with Crippen molar-refractivity contribution >= 4 is 48.6 Å². The van der Waals surface area contributed by atoms with Crippen LogP contribution in [0.25, 0.3) is 0 Å². The fraction of sp³-hybridized carbons (Fsp3) is 0.375. The smallest absolute Gasteiger partial charge is 0.471 e. The first-order valence-electron chi connectivity index (χ1n) is 12.5. The zero-order valence-corrected chi connectivity index (χ0v) is 22.6. The van der Waals surface area contributed by atoms with Crippen LogP contribution in [0.2, 0.25) is 0 Å². The van der Waals surface area contributed by atoms with E-state index in [1.165, 1.54) is 32.4 Å². The molecule has 5 heterocycles. The maximum Gasteiger partial charge on any atom is 0.471 e. The van der Waals surface area contributed by atoms with Gasteiger partial charge < -0.3 is 30.1 Å². The van der Waals surface area contributed by atoms with Crippen molar-refractivity contribution in [1.82, 2.24) is 19.9 Å². The fourth-order valence-corrected chi connectivity index (χ4v) is 4.57. The molecule has 0 atom stereocenters. The number of hydrogen-bond donors (Lipinski definition) is 4. The monoisotopic (exact) mass is 574 g/mol. The molecule has 1 saturated heterocycles. The first-order valence-corrected chi connectivity index (χ1v) is 14.0. The molecule has 0 spiro atoms. The minimum Gasteiger partial charge on any atom is -0.474 e. The van der Waals surface area contributed by atoms with Gasteiger partial charge in [-0.15, -0.1) is 0 Å². The molecule has 0 radical (unpaired) electrons. The quantitative estimate of drug-likeness (QED) is 0.288. The predicted molar refractivity (Wildman–Crippen MR) is 143 cm³/mol. The van der Waals surface area contributed by atoms with E-state index < -0.39 is 31.9 Å². The Morgan fingerprint density at radius 1 is 1.07 bits per heavy atom. The summed E-state index contributed by atoms with van der Waals surface area (Å²) in [6, 6.07) is 6.70. The molecule has 0 unspecified atom stereocenters. The summed E-state index contributed by atoms with van der Waals surface area (Å²) in [4.78, 5) is 51.3. The largest absolute Gasteiger partial charge is 0.474 e. The van der Waals surface area contributed by atoms with Crippen LogP contribution in [-0.4, -0.2) is 61.1 Å². The van der Waals surface area contributed by atoms with E-state index in [9.17, 15) is 13.8 Å². The van der Waals surface area contributed by atoms with Crippen molar-refractivity contribution in [3.63, 3.8) is 0 Å². The van der Waals surface area contributed by atoms with Crippen molar-refractivity contribution in [2.45, 2.75) is 38.7 Å². The summed E-state index contributed by atoms with van der Waals surface area (Å²) < 4.78 is 36.1. The second-order valence-electron chi connectivity index (χ2n) is 9.71. The summed E-state index contributed by atoms with van der Waals surface area (Å²) in [5.41, 5.74) is -0.730. The van der Waals surface area contributed by atoms with Gasteiger partial charge in [0.05, 0.1) is 18.1 Å². The number of phosphoric ester groups is 1. The van der Waals surface area contributed by atoms with E-state index in [2.05, 4.69) is 40.0 Å². The Morgan fingerprint density at radius 2 is 1.85 bits per heavy atom. The molecule has 5 rings (SSSR count). The Morgan fingerprint density at radius 3 is 2.55 bits per heavy atom. The number of hydrogen-bond acceptors (Lipinski definition) is 11. The third-order valence-corrected chi connectivity index (χ3v) is 6.70. The Bertz CT molecular complexity index is 1450. The molecule has 0 aromatic carbocycles. The normalized spacial score (nSPS) is 16.8. The van der Waals surface area contributed by atoms with Crippen LogP contribution in [0.4, 0.5) is 39.3 Å². The highest BCUT2D eigenvalue weighted by Crippen LogP contribution is 2.41. The van der Waals surface area contributed by atoms with Crippen LogP contribution >= 0.6 is 7.82 Å². The van der Waals surface area contributed by atoms with E-state index in [1.807, 2.05) is 12.1 Å². The Hall–Kier alpha value is -3.91. The number of pyridine rings is 2. The number of fused-ring (bicyclic) bond motifs is 1. The van der Waals surface area contributed by atoms with Crippen LogP contribution in [-0.2, 0) is 13.9 Å². The zero-order chi connectivity index (χ0) is 28.5. The molecule has 0 aliphatic carbocycles. The maximum atomic E-state index is 14.6. The highest BCUT2D eigenvalue weighted by molar-refractivity contribution is 7.46. The van der Waals surface area contributed by atoms with Gasteiger partial charge >= 0.3 is 7.82 Å². The minimum atomic E-state index is -4.89. The lowest BCUT2D eigenvalue weighted by atomic mass is 10.1. The highest BCUT2D eigenvalue weighted by atomic mass is 31.2. The second-order valence-corrected chi connectivity index (χ2v) is 10.9. The highest BCUT2D eigenvalue weighted by Gasteiger charge is 2.42. The third kappa shape index (κ3) is 6.28. The summed E-state index contributed by atoms with van der Waals surface area (Å²) in [7, 11) is -4.89. The van der Waals surface area contributed by atoms with E-state index >= 15 is 0 Å². The van der Waals surface area contributed by atoms with Gasteiger partial charge in [0, 0.05) is 13.1 Å². The molecule has 2 aliphatic heterocycles. The van der Waals surface area contributed by atoms with Crippen molar-refractivity contribution in [2.24, 2.45) is 0 Å². The number of nitrogens with one attached hydrogen (secondary N) is 2. The molecule has 1 fully saturated rings. The van der Waals surface area contributed by atoms with Crippen LogP contribution < -0.4 is 25.2 Å². The van der Waals surface area contributed by atoms with Crippen molar-refractivity contribution in [1.29, 1.82) is 0 Å². The van der Waals surface area contributed by atoms with Gasteiger partial charge in [-0.25, -0.2) is 23.9 Å². The average molecular weight is 575 g/mol. The average Bonchev–Trinajstić information content (AvgIpc) is 2.91. The number of rotatable bonds is 8. The number of carbonyl (C=O) groups excluding carboxylic acids is 1. The molecule has 0 bridgehead atoms. The molecule has 16 heteroatoms. The number of anilines is 6. The first kappa shape index (κ1) is 27.6. The van der Waals surface area contributed by atoms with Gasteiger partial charge in [0.1, 0.15) is 18.4 Å². The van der Waals surface area contributed by atoms with Crippen molar-refractivity contribution in [3.05, 3.63) is 42.5 Å². The molecule has 40 heavy (non-hydrogen) atoms. The van der Waals surface area contributed by atoms with E-state index in [0.717, 1.165) is 42.8 Å². The molecule has 3 aromatic heterocycles. The van der Waals surface area contributed by atoms with Crippen LogP contribution in [0.5, 0.6) is 5.75 Å². The van der Waals surface area contributed by atoms with Crippen LogP contribution in [0, 0.1) is 5.82 Å². The summed E-state index contributed by atoms with van der Waals surface area (Å²) in [5, 5.41) is 5.74. The standard InChI is InChI=1S/C24H28FN8O6P/c1-24(2)22(34)33(14-38-40(35,36)37)21-17(39-24)7-8-18(30-21)29-20-16(25)13-27-23(31-20)28-15-6-9-19(26-12-15)32-10-4-3-5-11-32/h6-9,12-13H,3-5,10-11,14H2,1-2H3,(H2,35,36,37)(H2,27,28,29,30,31). The summed E-state index contributed by atoms with van der Waals surface area (Å²) >= 11 is 0. The van der Waals surface area contributed by atoms with Gasteiger partial charge in [0.25, 0.3) is 5.91 Å². The Labute approximate surface area is 228 Å². The summed E-state index contributed by atoms with van der Waals surface area (Å²) in [5.74, 6) is -0.456. The van der Waals surface area contributed by atoms with Crippen LogP contribution in [0.15, 0.2) is 36.7 Å². The Balaban J connectivity index is 1.34. The number of halogens is 1. The molecule has 212 valence electrons. The lowest BCUT2D eigenvalue weighted by molar-refractivity contribution is -0.133. The SMILES string of the molecule is CC1(C)Oc2ccc(Nc3nc(Nc4ccc(N5CCCCC5)nc4)ncc3F)nc2N(COP(=O)(O)O)C1=O. The number of piperidine rings is 1. The van der Waals surface area contributed by atoms with Gasteiger partial charge in [-0.2, -0.15) is 4.98 Å².